The molecule has 0 aromatic heterocycles. The first-order valence-corrected chi connectivity index (χ1v) is 12.1. The van der Waals surface area contributed by atoms with Crippen LogP contribution >= 0.6 is 0 Å². The van der Waals surface area contributed by atoms with E-state index < -0.39 is 31.3 Å². The minimum atomic E-state index is -3.86. The van der Waals surface area contributed by atoms with Crippen LogP contribution in [0.2, 0.25) is 0 Å². The van der Waals surface area contributed by atoms with Gasteiger partial charge in [-0.3, -0.25) is 0 Å². The molecule has 5 nitrogen and oxygen atoms in total. The Hall–Kier alpha value is -1.70. The molecule has 0 amide bonds. The summed E-state index contributed by atoms with van der Waals surface area (Å²) in [7, 11) is -7.62. The van der Waals surface area contributed by atoms with Gasteiger partial charge in [-0.25, -0.2) is 16.8 Å². The van der Waals surface area contributed by atoms with Crippen molar-refractivity contribution in [2.24, 2.45) is 0 Å². The van der Waals surface area contributed by atoms with Crippen LogP contribution in [0.1, 0.15) is 37.3 Å². The van der Waals surface area contributed by atoms with Gasteiger partial charge in [-0.05, 0) is 44.5 Å². The lowest BCUT2D eigenvalue weighted by molar-refractivity contribution is 0.538. The molecule has 7 heteroatoms. The van der Waals surface area contributed by atoms with Gasteiger partial charge in [0.2, 0.25) is 10.0 Å². The molecule has 0 bridgehead atoms. The molecule has 0 radical (unpaired) electrons. The molecule has 27 heavy (non-hydrogen) atoms. The van der Waals surface area contributed by atoms with E-state index in [2.05, 4.69) is 0 Å². The zero-order chi connectivity index (χ0) is 19.8. The molecule has 2 aromatic rings. The van der Waals surface area contributed by atoms with Crippen molar-refractivity contribution in [1.82, 2.24) is 4.31 Å². The number of hydrogen-bond acceptors (Lipinski definition) is 4. The van der Waals surface area contributed by atoms with Gasteiger partial charge in [-0.1, -0.05) is 55.2 Å². The quantitative estimate of drug-likeness (QED) is 0.657. The van der Waals surface area contributed by atoms with E-state index in [4.69, 9.17) is 0 Å². The molecule has 2 aromatic carbocycles. The first-order valence-electron chi connectivity index (χ1n) is 9.10. The van der Waals surface area contributed by atoms with Crippen LogP contribution in [0.25, 0.3) is 0 Å². The van der Waals surface area contributed by atoms with Gasteiger partial charge in [-0.2, -0.15) is 4.31 Å². The van der Waals surface area contributed by atoms with Crippen LogP contribution in [-0.4, -0.2) is 32.6 Å². The molecular formula is C20H25NO4S2. The SMILES string of the molecule is CCCC[C@H]1[C@@H](S(=O)(=O)c2ccc(C)cc2)N1S(=O)(=O)c1ccc(C)cc1. The lowest BCUT2D eigenvalue weighted by Gasteiger charge is -2.08. The molecule has 1 unspecified atom stereocenters. The van der Waals surface area contributed by atoms with Crippen LogP contribution in [0.3, 0.4) is 0 Å². The number of aryl methyl sites for hydroxylation is 2. The van der Waals surface area contributed by atoms with E-state index in [9.17, 15) is 16.8 Å². The second-order valence-corrected chi connectivity index (χ2v) is 11.0. The van der Waals surface area contributed by atoms with E-state index in [1.165, 1.54) is 16.4 Å². The Morgan fingerprint density at radius 2 is 1.30 bits per heavy atom. The summed E-state index contributed by atoms with van der Waals surface area (Å²) in [6.45, 7) is 5.76. The maximum absolute atomic E-state index is 13.1. The molecule has 1 aliphatic heterocycles. The van der Waals surface area contributed by atoms with Crippen molar-refractivity contribution in [3.8, 4) is 0 Å². The van der Waals surface area contributed by atoms with Gasteiger partial charge in [0.05, 0.1) is 15.8 Å². The number of nitrogens with zero attached hydrogens (tertiary/aromatic N) is 1. The van der Waals surface area contributed by atoms with Gasteiger partial charge in [0.25, 0.3) is 0 Å². The molecule has 1 aliphatic rings. The first-order chi connectivity index (χ1) is 12.7. The number of rotatable bonds is 7. The highest BCUT2D eigenvalue weighted by molar-refractivity contribution is 7.95. The van der Waals surface area contributed by atoms with Crippen LogP contribution in [0.5, 0.6) is 0 Å². The van der Waals surface area contributed by atoms with Gasteiger partial charge < -0.3 is 0 Å². The monoisotopic (exact) mass is 407 g/mol. The maximum atomic E-state index is 13.1. The molecule has 1 saturated heterocycles. The Morgan fingerprint density at radius 1 is 0.815 bits per heavy atom. The summed E-state index contributed by atoms with van der Waals surface area (Å²) in [6.07, 6.45) is 2.20. The highest BCUT2D eigenvalue weighted by Gasteiger charge is 2.62. The molecule has 3 atom stereocenters. The van der Waals surface area contributed by atoms with Gasteiger partial charge in [0.15, 0.2) is 9.84 Å². The van der Waals surface area contributed by atoms with Crippen LogP contribution in [-0.2, 0) is 19.9 Å². The Kier molecular flexibility index (Phi) is 5.47. The summed E-state index contributed by atoms with van der Waals surface area (Å²) in [5.74, 6) is 0. The second kappa shape index (κ2) is 7.37. The minimum absolute atomic E-state index is 0.135. The Bertz CT molecular complexity index is 929. The third-order valence-electron chi connectivity index (χ3n) is 4.93. The van der Waals surface area contributed by atoms with Crippen LogP contribution in [0.4, 0.5) is 0 Å². The lowest BCUT2D eigenvalue weighted by atomic mass is 10.2. The predicted molar refractivity (Wildman–Crippen MR) is 106 cm³/mol. The molecule has 0 saturated carbocycles. The van der Waals surface area contributed by atoms with Crippen molar-refractivity contribution >= 4 is 19.9 Å². The summed E-state index contributed by atoms with van der Waals surface area (Å²) >= 11 is 0. The zero-order valence-corrected chi connectivity index (χ0v) is 17.4. The van der Waals surface area contributed by atoms with Gasteiger partial charge in [0, 0.05) is 0 Å². The maximum Gasteiger partial charge on any atom is 0.244 e. The Labute approximate surface area is 162 Å². The molecule has 0 spiro atoms. The van der Waals surface area contributed by atoms with Crippen molar-refractivity contribution in [2.45, 2.75) is 61.2 Å². The standard InChI is InChI=1S/C20H25NO4S2/c1-4-5-6-19-20(26(22,23)17-11-7-15(2)8-12-17)21(19)27(24,25)18-13-9-16(3)10-14-18/h7-14,19-20H,4-6H2,1-3H3/t19-,20+,21?/m0/s1. The molecule has 0 aliphatic carbocycles. The Balaban J connectivity index is 1.98. The summed E-state index contributed by atoms with van der Waals surface area (Å²) in [5.41, 5.74) is 1.91. The minimum Gasteiger partial charge on any atom is -0.222 e. The lowest BCUT2D eigenvalue weighted by Crippen LogP contribution is -2.20. The van der Waals surface area contributed by atoms with Gasteiger partial charge >= 0.3 is 0 Å². The van der Waals surface area contributed by atoms with Crippen LogP contribution < -0.4 is 0 Å². The number of hydrogen-bond donors (Lipinski definition) is 0. The molecular weight excluding hydrogens is 382 g/mol. The van der Waals surface area contributed by atoms with Crippen LogP contribution in [0.15, 0.2) is 58.3 Å². The molecule has 146 valence electrons. The first kappa shape index (κ1) is 20.0. The molecule has 1 heterocycles. The van der Waals surface area contributed by atoms with E-state index >= 15 is 0 Å². The summed E-state index contributed by atoms with van der Waals surface area (Å²) < 4.78 is 53.6. The normalized spacial score (nSPS) is 22.6. The van der Waals surface area contributed by atoms with E-state index in [1.807, 2.05) is 20.8 Å². The third kappa shape index (κ3) is 3.81. The van der Waals surface area contributed by atoms with E-state index in [-0.39, 0.29) is 9.79 Å². The summed E-state index contributed by atoms with van der Waals surface area (Å²) in [5, 5.41) is -1.03. The fourth-order valence-corrected chi connectivity index (χ4v) is 7.53. The smallest absolute Gasteiger partial charge is 0.222 e. The molecule has 0 N–H and O–H groups in total. The number of unbranched alkanes of at least 4 members (excludes halogenated alkanes) is 1. The van der Waals surface area contributed by atoms with Crippen molar-refractivity contribution in [3.63, 3.8) is 0 Å². The van der Waals surface area contributed by atoms with Crippen molar-refractivity contribution < 1.29 is 16.8 Å². The number of benzene rings is 2. The fraction of sp³-hybridized carbons (Fsp3) is 0.400. The second-order valence-electron chi connectivity index (χ2n) is 7.11. The summed E-state index contributed by atoms with van der Waals surface area (Å²) in [6, 6.07) is 12.6. The largest absolute Gasteiger partial charge is 0.244 e. The van der Waals surface area contributed by atoms with E-state index in [0.717, 1.165) is 24.0 Å². The van der Waals surface area contributed by atoms with E-state index in [0.29, 0.717) is 6.42 Å². The van der Waals surface area contributed by atoms with Gasteiger partial charge in [-0.15, -0.1) is 0 Å². The number of sulfonamides is 1. The molecule has 1 fully saturated rings. The number of sulfone groups is 1. The van der Waals surface area contributed by atoms with Crippen LogP contribution in [0, 0.1) is 13.8 Å². The van der Waals surface area contributed by atoms with Crippen molar-refractivity contribution in [1.29, 1.82) is 0 Å². The predicted octanol–water partition coefficient (Wildman–Crippen LogP) is 3.67. The average Bonchev–Trinajstić information content (AvgIpc) is 3.37. The van der Waals surface area contributed by atoms with Crippen molar-refractivity contribution in [2.75, 3.05) is 0 Å². The topological polar surface area (TPSA) is 71.3 Å². The third-order valence-corrected chi connectivity index (χ3v) is 9.10. The molecule has 3 rings (SSSR count). The highest BCUT2D eigenvalue weighted by Crippen LogP contribution is 2.44. The summed E-state index contributed by atoms with van der Waals surface area (Å²) in [4.78, 5) is 0.303. The zero-order valence-electron chi connectivity index (χ0n) is 15.8. The van der Waals surface area contributed by atoms with Gasteiger partial charge in [0.1, 0.15) is 5.37 Å². The van der Waals surface area contributed by atoms with E-state index in [1.54, 1.807) is 36.4 Å². The Morgan fingerprint density at radius 3 is 1.78 bits per heavy atom. The fourth-order valence-electron chi connectivity index (χ4n) is 3.28. The highest BCUT2D eigenvalue weighted by atomic mass is 32.2. The average molecular weight is 408 g/mol. The van der Waals surface area contributed by atoms with Crippen molar-refractivity contribution in [3.05, 3.63) is 59.7 Å².